The molecule has 1 unspecified atom stereocenters. The van der Waals surface area contributed by atoms with Gasteiger partial charge in [-0.3, -0.25) is 0 Å². The number of rotatable bonds is 5. The molecule has 102 valence electrons. The number of aromatic nitrogens is 2. The third-order valence-corrected chi connectivity index (χ3v) is 3.15. The summed E-state index contributed by atoms with van der Waals surface area (Å²) in [6.45, 7) is 6.89. The van der Waals surface area contributed by atoms with Crippen LogP contribution in [-0.4, -0.2) is 16.7 Å². The van der Waals surface area contributed by atoms with E-state index in [9.17, 15) is 0 Å². The van der Waals surface area contributed by atoms with Crippen LogP contribution in [0.4, 0.5) is 0 Å². The molecule has 0 aliphatic rings. The van der Waals surface area contributed by atoms with Crippen molar-refractivity contribution in [2.75, 3.05) is 6.54 Å². The molecule has 2 N–H and O–H groups in total. The van der Waals surface area contributed by atoms with Gasteiger partial charge >= 0.3 is 0 Å². The summed E-state index contributed by atoms with van der Waals surface area (Å²) < 4.78 is 5.30. The van der Waals surface area contributed by atoms with Gasteiger partial charge in [0.25, 0.3) is 0 Å². The van der Waals surface area contributed by atoms with Gasteiger partial charge in [-0.2, -0.15) is 4.98 Å². The lowest BCUT2D eigenvalue weighted by atomic mass is 10.0. The third-order valence-electron chi connectivity index (χ3n) is 3.15. The quantitative estimate of drug-likeness (QED) is 0.896. The molecule has 0 saturated carbocycles. The zero-order valence-corrected chi connectivity index (χ0v) is 11.8. The summed E-state index contributed by atoms with van der Waals surface area (Å²) in [7, 11) is 0. The van der Waals surface area contributed by atoms with Crippen LogP contribution in [0.5, 0.6) is 0 Å². The molecule has 0 aliphatic heterocycles. The van der Waals surface area contributed by atoms with Crippen molar-refractivity contribution in [1.82, 2.24) is 10.1 Å². The van der Waals surface area contributed by atoms with Crippen LogP contribution in [0.3, 0.4) is 0 Å². The van der Waals surface area contributed by atoms with E-state index in [1.165, 1.54) is 16.7 Å². The van der Waals surface area contributed by atoms with Crippen molar-refractivity contribution < 1.29 is 4.52 Å². The highest BCUT2D eigenvalue weighted by molar-refractivity contribution is 5.30. The zero-order valence-electron chi connectivity index (χ0n) is 11.8. The van der Waals surface area contributed by atoms with Gasteiger partial charge in [0.15, 0.2) is 5.82 Å². The maximum atomic E-state index is 5.54. The van der Waals surface area contributed by atoms with Crippen LogP contribution >= 0.6 is 0 Å². The number of hydrogen-bond acceptors (Lipinski definition) is 4. The number of aryl methyl sites for hydroxylation is 2. The van der Waals surface area contributed by atoms with E-state index in [4.69, 9.17) is 10.3 Å². The Kier molecular flexibility index (Phi) is 4.32. The summed E-state index contributed by atoms with van der Waals surface area (Å²) in [6, 6.07) is 6.48. The van der Waals surface area contributed by atoms with E-state index in [1.807, 2.05) is 0 Å². The van der Waals surface area contributed by atoms with Crippen molar-refractivity contribution in [1.29, 1.82) is 0 Å². The first kappa shape index (κ1) is 13.7. The summed E-state index contributed by atoms with van der Waals surface area (Å²) in [6.07, 6.45) is 1.58. The van der Waals surface area contributed by atoms with Crippen molar-refractivity contribution in [3.63, 3.8) is 0 Å². The first-order valence-electron chi connectivity index (χ1n) is 6.68. The van der Waals surface area contributed by atoms with Gasteiger partial charge in [0.1, 0.15) is 0 Å². The van der Waals surface area contributed by atoms with E-state index in [1.54, 1.807) is 0 Å². The Morgan fingerprint density at radius 1 is 1.21 bits per heavy atom. The summed E-state index contributed by atoms with van der Waals surface area (Å²) >= 11 is 0. The van der Waals surface area contributed by atoms with Crippen molar-refractivity contribution >= 4 is 0 Å². The van der Waals surface area contributed by atoms with Gasteiger partial charge in [0.05, 0.1) is 0 Å². The first-order valence-corrected chi connectivity index (χ1v) is 6.68. The van der Waals surface area contributed by atoms with Gasteiger partial charge in [0.2, 0.25) is 5.89 Å². The Bertz CT molecular complexity index is 528. The molecule has 4 nitrogen and oxygen atoms in total. The van der Waals surface area contributed by atoms with E-state index in [0.717, 1.165) is 12.2 Å². The maximum absolute atomic E-state index is 5.54. The SMILES string of the molecule is Cc1cc(C)cc(Cc2noc(C(C)CCN)n2)c1. The van der Waals surface area contributed by atoms with Crippen LogP contribution < -0.4 is 5.73 Å². The molecular formula is C15H21N3O. The molecule has 0 amide bonds. The fourth-order valence-electron chi connectivity index (χ4n) is 2.27. The number of benzene rings is 1. The van der Waals surface area contributed by atoms with Crippen LogP contribution in [0.15, 0.2) is 22.7 Å². The molecule has 2 aromatic rings. The minimum absolute atomic E-state index is 0.227. The van der Waals surface area contributed by atoms with E-state index in [0.29, 0.717) is 18.9 Å². The number of nitrogens with zero attached hydrogens (tertiary/aromatic N) is 2. The normalized spacial score (nSPS) is 12.6. The van der Waals surface area contributed by atoms with Gasteiger partial charge in [-0.25, -0.2) is 0 Å². The van der Waals surface area contributed by atoms with E-state index >= 15 is 0 Å². The fourth-order valence-corrected chi connectivity index (χ4v) is 2.27. The molecule has 1 aromatic carbocycles. The lowest BCUT2D eigenvalue weighted by molar-refractivity contribution is 0.351. The molecule has 1 aromatic heterocycles. The Hall–Kier alpha value is -1.68. The summed E-state index contributed by atoms with van der Waals surface area (Å²) in [5, 5.41) is 4.05. The molecule has 0 saturated heterocycles. The van der Waals surface area contributed by atoms with Gasteiger partial charge in [-0.05, 0) is 32.4 Å². The largest absolute Gasteiger partial charge is 0.339 e. The Morgan fingerprint density at radius 3 is 2.53 bits per heavy atom. The molecule has 19 heavy (non-hydrogen) atoms. The number of nitrogens with two attached hydrogens (primary N) is 1. The minimum atomic E-state index is 0.227. The fraction of sp³-hybridized carbons (Fsp3) is 0.467. The average molecular weight is 259 g/mol. The van der Waals surface area contributed by atoms with Crippen molar-refractivity contribution in [2.45, 2.75) is 39.5 Å². The second kappa shape index (κ2) is 5.97. The lowest BCUT2D eigenvalue weighted by Crippen LogP contribution is -2.04. The molecule has 0 fully saturated rings. The molecule has 1 atom stereocenters. The highest BCUT2D eigenvalue weighted by Gasteiger charge is 2.13. The second-order valence-electron chi connectivity index (χ2n) is 5.20. The maximum Gasteiger partial charge on any atom is 0.229 e. The standard InChI is InChI=1S/C15H21N3O/c1-10-6-11(2)8-13(7-10)9-14-17-15(19-18-14)12(3)4-5-16/h6-8,12H,4-5,9,16H2,1-3H3. The predicted octanol–water partition coefficient (Wildman–Crippen LogP) is 2.73. The van der Waals surface area contributed by atoms with Crippen LogP contribution in [0, 0.1) is 13.8 Å². The molecule has 2 rings (SSSR count). The monoisotopic (exact) mass is 259 g/mol. The molecule has 4 heteroatoms. The van der Waals surface area contributed by atoms with E-state index in [2.05, 4.69) is 49.1 Å². The summed E-state index contributed by atoms with van der Waals surface area (Å²) in [5.74, 6) is 1.65. The third kappa shape index (κ3) is 3.64. The van der Waals surface area contributed by atoms with Crippen molar-refractivity contribution in [2.24, 2.45) is 5.73 Å². The van der Waals surface area contributed by atoms with Crippen LogP contribution in [-0.2, 0) is 6.42 Å². The molecule has 0 radical (unpaired) electrons. The Labute approximate surface area is 114 Å². The molecule has 0 spiro atoms. The zero-order chi connectivity index (χ0) is 13.8. The highest BCUT2D eigenvalue weighted by Crippen LogP contribution is 2.18. The minimum Gasteiger partial charge on any atom is -0.339 e. The van der Waals surface area contributed by atoms with Gasteiger partial charge in [0, 0.05) is 12.3 Å². The van der Waals surface area contributed by atoms with E-state index in [-0.39, 0.29) is 5.92 Å². The lowest BCUT2D eigenvalue weighted by Gasteiger charge is -2.03. The summed E-state index contributed by atoms with van der Waals surface area (Å²) in [4.78, 5) is 4.45. The average Bonchev–Trinajstić information content (AvgIpc) is 2.76. The van der Waals surface area contributed by atoms with Gasteiger partial charge in [-0.15, -0.1) is 0 Å². The Morgan fingerprint density at radius 2 is 1.89 bits per heavy atom. The Balaban J connectivity index is 2.11. The van der Waals surface area contributed by atoms with Crippen molar-refractivity contribution in [3.05, 3.63) is 46.6 Å². The van der Waals surface area contributed by atoms with Gasteiger partial charge < -0.3 is 10.3 Å². The number of hydrogen-bond donors (Lipinski definition) is 1. The van der Waals surface area contributed by atoms with Crippen LogP contribution in [0.1, 0.15) is 47.7 Å². The smallest absolute Gasteiger partial charge is 0.229 e. The summed E-state index contributed by atoms with van der Waals surface area (Å²) in [5.41, 5.74) is 9.28. The molecular weight excluding hydrogens is 238 g/mol. The molecule has 0 aliphatic carbocycles. The van der Waals surface area contributed by atoms with Crippen LogP contribution in [0.2, 0.25) is 0 Å². The topological polar surface area (TPSA) is 64.9 Å². The second-order valence-corrected chi connectivity index (χ2v) is 5.20. The first-order chi connectivity index (χ1) is 9.08. The molecule has 0 bridgehead atoms. The highest BCUT2D eigenvalue weighted by atomic mass is 16.5. The van der Waals surface area contributed by atoms with Gasteiger partial charge in [-0.1, -0.05) is 41.4 Å². The predicted molar refractivity (Wildman–Crippen MR) is 75.1 cm³/mol. The van der Waals surface area contributed by atoms with E-state index < -0.39 is 0 Å². The molecule has 1 heterocycles. The van der Waals surface area contributed by atoms with Crippen LogP contribution in [0.25, 0.3) is 0 Å². The van der Waals surface area contributed by atoms with Crippen molar-refractivity contribution in [3.8, 4) is 0 Å².